The predicted octanol–water partition coefficient (Wildman–Crippen LogP) is 1.95. The van der Waals surface area contributed by atoms with E-state index in [0.717, 1.165) is 19.3 Å². The van der Waals surface area contributed by atoms with Gasteiger partial charge >= 0.3 is 6.18 Å². The van der Waals surface area contributed by atoms with E-state index in [1.54, 1.807) is 0 Å². The van der Waals surface area contributed by atoms with Crippen molar-refractivity contribution >= 4 is 0 Å². The molecule has 17 heavy (non-hydrogen) atoms. The van der Waals surface area contributed by atoms with Gasteiger partial charge in [-0.2, -0.15) is 18.3 Å². The number of hydrogen-bond acceptors (Lipinski definition) is 3. The van der Waals surface area contributed by atoms with Gasteiger partial charge in [-0.1, -0.05) is 0 Å². The summed E-state index contributed by atoms with van der Waals surface area (Å²) < 4.78 is 43.3. The van der Waals surface area contributed by atoms with E-state index in [4.69, 9.17) is 4.74 Å². The van der Waals surface area contributed by atoms with Gasteiger partial charge in [0.2, 0.25) is 0 Å². The molecular weight excluding hydrogens is 235 g/mol. The van der Waals surface area contributed by atoms with Gasteiger partial charge in [0.25, 0.3) is 0 Å². The third-order valence-corrected chi connectivity index (χ3v) is 2.91. The summed E-state index contributed by atoms with van der Waals surface area (Å²) in [5, 5.41) is 8.48. The Balaban J connectivity index is 2.16. The maximum atomic E-state index is 12.6. The average molecular weight is 249 g/mol. The molecule has 0 radical (unpaired) electrons. The Morgan fingerprint density at radius 3 is 2.59 bits per heavy atom. The second-order valence-corrected chi connectivity index (χ2v) is 4.41. The normalized spacial score (nSPS) is 20.2. The molecular formula is C10H14F3N3O. The van der Waals surface area contributed by atoms with Crippen LogP contribution < -0.4 is 10.1 Å². The summed E-state index contributed by atoms with van der Waals surface area (Å²) in [5.74, 6) is -0.220. The molecule has 0 atom stereocenters. The van der Waals surface area contributed by atoms with Crippen molar-refractivity contribution in [2.24, 2.45) is 0 Å². The summed E-state index contributed by atoms with van der Waals surface area (Å²) in [7, 11) is 0. The van der Waals surface area contributed by atoms with Gasteiger partial charge in [-0.25, -0.2) is 0 Å². The minimum absolute atomic E-state index is 0.220. The van der Waals surface area contributed by atoms with Crippen LogP contribution >= 0.6 is 0 Å². The largest absolute Gasteiger partial charge is 0.484 e. The topological polar surface area (TPSA) is 49.9 Å². The molecule has 1 aliphatic rings. The third kappa shape index (κ3) is 2.71. The Hall–Kier alpha value is -1.24. The first-order valence-electron chi connectivity index (χ1n) is 5.41. The van der Waals surface area contributed by atoms with Crippen LogP contribution in [-0.2, 0) is 6.18 Å². The van der Waals surface area contributed by atoms with Crippen LogP contribution in [0.3, 0.4) is 0 Å². The lowest BCUT2D eigenvalue weighted by Crippen LogP contribution is -2.44. The lowest BCUT2D eigenvalue weighted by Gasteiger charge is -2.34. The minimum atomic E-state index is -4.46. The molecule has 0 spiro atoms. The first kappa shape index (κ1) is 12.2. The highest BCUT2D eigenvalue weighted by atomic mass is 19.4. The zero-order chi connectivity index (χ0) is 12.5. The Kier molecular flexibility index (Phi) is 3.03. The van der Waals surface area contributed by atoms with Gasteiger partial charge in [-0.3, -0.25) is 5.10 Å². The zero-order valence-electron chi connectivity index (χ0n) is 9.40. The van der Waals surface area contributed by atoms with Gasteiger partial charge in [-0.05, 0) is 32.9 Å². The van der Waals surface area contributed by atoms with Crippen LogP contribution in [0.15, 0.2) is 6.20 Å². The van der Waals surface area contributed by atoms with Crippen molar-refractivity contribution in [2.45, 2.75) is 31.5 Å². The number of nitrogens with zero attached hydrogens (tertiary/aromatic N) is 1. The maximum Gasteiger partial charge on any atom is 0.436 e. The summed E-state index contributed by atoms with van der Waals surface area (Å²) in [4.78, 5) is 0. The number of aromatic nitrogens is 2. The van der Waals surface area contributed by atoms with Crippen molar-refractivity contribution in [2.75, 3.05) is 13.1 Å². The number of ether oxygens (including phenoxy) is 1. The van der Waals surface area contributed by atoms with Gasteiger partial charge in [0.1, 0.15) is 5.60 Å². The number of H-pyrrole nitrogens is 1. The lowest BCUT2D eigenvalue weighted by atomic mass is 9.94. The molecule has 1 saturated heterocycles. The highest BCUT2D eigenvalue weighted by molar-refractivity contribution is 5.27. The Morgan fingerprint density at radius 1 is 1.35 bits per heavy atom. The second kappa shape index (κ2) is 4.21. The fraction of sp³-hybridized carbons (Fsp3) is 0.700. The highest BCUT2D eigenvalue weighted by Gasteiger charge is 2.39. The molecule has 7 heteroatoms. The third-order valence-electron chi connectivity index (χ3n) is 2.91. The van der Waals surface area contributed by atoms with Crippen LogP contribution in [0.25, 0.3) is 0 Å². The molecule has 1 aromatic rings. The summed E-state index contributed by atoms with van der Waals surface area (Å²) in [6, 6.07) is 0. The molecule has 1 aromatic heterocycles. The first-order valence-corrected chi connectivity index (χ1v) is 5.41. The molecule has 2 heterocycles. The zero-order valence-corrected chi connectivity index (χ0v) is 9.40. The predicted molar refractivity (Wildman–Crippen MR) is 54.7 cm³/mol. The number of aromatic amines is 1. The highest BCUT2D eigenvalue weighted by Crippen LogP contribution is 2.36. The van der Waals surface area contributed by atoms with Crippen LogP contribution in [0, 0.1) is 0 Å². The molecule has 0 aliphatic carbocycles. The lowest BCUT2D eigenvalue weighted by molar-refractivity contribution is -0.143. The molecule has 0 saturated carbocycles. The summed E-state index contributed by atoms with van der Waals surface area (Å²) in [6.07, 6.45) is -2.03. The standard InChI is InChI=1S/C10H14F3N3O/c1-9(2-4-14-5-3-9)17-7-6-15-16-8(7)10(11,12)13/h6,14H,2-5H2,1H3,(H,15,16). The van der Waals surface area contributed by atoms with Crippen LogP contribution in [0.1, 0.15) is 25.5 Å². The molecule has 2 N–H and O–H groups in total. The number of alkyl halides is 3. The monoisotopic (exact) mass is 249 g/mol. The molecule has 0 aromatic carbocycles. The number of rotatable bonds is 2. The van der Waals surface area contributed by atoms with E-state index in [1.807, 2.05) is 12.0 Å². The van der Waals surface area contributed by atoms with Crippen molar-refractivity contribution in [1.82, 2.24) is 15.5 Å². The Morgan fingerprint density at radius 2 is 2.00 bits per heavy atom. The quantitative estimate of drug-likeness (QED) is 0.842. The Bertz CT molecular complexity index is 382. The summed E-state index contributed by atoms with van der Waals surface area (Å²) in [5.41, 5.74) is -1.48. The maximum absolute atomic E-state index is 12.6. The fourth-order valence-electron chi connectivity index (χ4n) is 1.88. The number of piperidine rings is 1. The van der Waals surface area contributed by atoms with Crippen molar-refractivity contribution in [3.63, 3.8) is 0 Å². The molecule has 0 unspecified atom stereocenters. The van der Waals surface area contributed by atoms with E-state index in [1.165, 1.54) is 0 Å². The van der Waals surface area contributed by atoms with Gasteiger partial charge in [0.05, 0.1) is 6.20 Å². The molecule has 1 aliphatic heterocycles. The van der Waals surface area contributed by atoms with Crippen molar-refractivity contribution in [1.29, 1.82) is 0 Å². The van der Waals surface area contributed by atoms with Gasteiger partial charge in [0.15, 0.2) is 11.4 Å². The van der Waals surface area contributed by atoms with Crippen molar-refractivity contribution < 1.29 is 17.9 Å². The molecule has 0 amide bonds. The van der Waals surface area contributed by atoms with Crippen LogP contribution in [0.4, 0.5) is 13.2 Å². The second-order valence-electron chi connectivity index (χ2n) is 4.41. The van der Waals surface area contributed by atoms with Crippen LogP contribution in [0.5, 0.6) is 5.75 Å². The first-order chi connectivity index (χ1) is 7.91. The van der Waals surface area contributed by atoms with Crippen molar-refractivity contribution in [3.05, 3.63) is 11.9 Å². The van der Waals surface area contributed by atoms with Crippen LogP contribution in [0.2, 0.25) is 0 Å². The SMILES string of the molecule is CC1(Oc2cn[nH]c2C(F)(F)F)CCNCC1. The van der Waals surface area contributed by atoms with E-state index < -0.39 is 17.5 Å². The average Bonchev–Trinajstić information content (AvgIpc) is 2.65. The van der Waals surface area contributed by atoms with Gasteiger partial charge < -0.3 is 10.1 Å². The number of hydrogen-bond donors (Lipinski definition) is 2. The van der Waals surface area contributed by atoms with E-state index in [0.29, 0.717) is 12.8 Å². The molecule has 1 fully saturated rings. The number of nitrogens with one attached hydrogen (secondary N) is 2. The number of halogens is 3. The smallest absolute Gasteiger partial charge is 0.436 e. The van der Waals surface area contributed by atoms with Crippen LogP contribution in [-0.4, -0.2) is 28.9 Å². The molecule has 96 valence electrons. The summed E-state index contributed by atoms with van der Waals surface area (Å²) >= 11 is 0. The van der Waals surface area contributed by atoms with Crippen molar-refractivity contribution in [3.8, 4) is 5.75 Å². The van der Waals surface area contributed by atoms with E-state index in [2.05, 4.69) is 10.4 Å². The van der Waals surface area contributed by atoms with E-state index in [-0.39, 0.29) is 5.75 Å². The molecule has 4 nitrogen and oxygen atoms in total. The molecule has 2 rings (SSSR count). The Labute approximate surface area is 96.5 Å². The summed E-state index contributed by atoms with van der Waals surface area (Å²) in [6.45, 7) is 3.31. The van der Waals surface area contributed by atoms with E-state index in [9.17, 15) is 13.2 Å². The molecule has 0 bridgehead atoms. The fourth-order valence-corrected chi connectivity index (χ4v) is 1.88. The minimum Gasteiger partial charge on any atom is -0.484 e. The van der Waals surface area contributed by atoms with Gasteiger partial charge in [0, 0.05) is 0 Å². The van der Waals surface area contributed by atoms with E-state index >= 15 is 0 Å². The van der Waals surface area contributed by atoms with Gasteiger partial charge in [-0.15, -0.1) is 0 Å².